The molecule has 2 rings (SSSR count). The normalized spacial score (nSPS) is 19.8. The van der Waals surface area contributed by atoms with Crippen molar-refractivity contribution in [2.24, 2.45) is 5.92 Å². The molecule has 1 aliphatic rings. The lowest BCUT2D eigenvalue weighted by Gasteiger charge is -2.17. The summed E-state index contributed by atoms with van der Waals surface area (Å²) in [7, 11) is 0. The van der Waals surface area contributed by atoms with Crippen LogP contribution in [-0.4, -0.2) is 30.8 Å². The van der Waals surface area contributed by atoms with Gasteiger partial charge in [0.2, 0.25) is 5.91 Å². The summed E-state index contributed by atoms with van der Waals surface area (Å²) < 4.78 is 6.27. The molecule has 20 heavy (non-hydrogen) atoms. The summed E-state index contributed by atoms with van der Waals surface area (Å²) in [6.07, 6.45) is 2.38. The second kappa shape index (κ2) is 7.76. The van der Waals surface area contributed by atoms with Crippen molar-refractivity contribution in [1.82, 2.24) is 5.32 Å². The van der Waals surface area contributed by atoms with E-state index in [2.05, 4.69) is 21.2 Å². The molecule has 1 amide bonds. The zero-order chi connectivity index (χ0) is 14.4. The minimum atomic E-state index is -0.338. The zero-order valence-corrected chi connectivity index (χ0v) is 12.9. The average molecular weight is 342 g/mol. The van der Waals surface area contributed by atoms with Gasteiger partial charge in [0.05, 0.1) is 12.6 Å². The Morgan fingerprint density at radius 1 is 1.45 bits per heavy atom. The maximum absolute atomic E-state index is 11.9. The van der Waals surface area contributed by atoms with Gasteiger partial charge in [-0.05, 0) is 36.5 Å². The minimum absolute atomic E-state index is 0.0149. The first-order chi connectivity index (χ1) is 9.69. The zero-order valence-electron chi connectivity index (χ0n) is 11.3. The quantitative estimate of drug-likeness (QED) is 0.835. The van der Waals surface area contributed by atoms with E-state index in [9.17, 15) is 9.90 Å². The van der Waals surface area contributed by atoms with Gasteiger partial charge in [0.25, 0.3) is 0 Å². The lowest BCUT2D eigenvalue weighted by Crippen LogP contribution is -2.30. The molecular formula is C15H20BrNO3. The molecule has 0 aromatic heterocycles. The summed E-state index contributed by atoms with van der Waals surface area (Å²) in [6.45, 7) is 1.48. The van der Waals surface area contributed by atoms with Crippen LogP contribution in [0.1, 0.15) is 30.9 Å². The van der Waals surface area contributed by atoms with E-state index in [0.29, 0.717) is 12.3 Å². The Balaban J connectivity index is 1.82. The van der Waals surface area contributed by atoms with E-state index in [0.717, 1.165) is 36.1 Å². The predicted molar refractivity (Wildman–Crippen MR) is 80.3 cm³/mol. The highest BCUT2D eigenvalue weighted by molar-refractivity contribution is 9.10. The van der Waals surface area contributed by atoms with Gasteiger partial charge in [0.1, 0.15) is 0 Å². The van der Waals surface area contributed by atoms with Crippen LogP contribution in [0.5, 0.6) is 0 Å². The van der Waals surface area contributed by atoms with Gasteiger partial charge in [-0.2, -0.15) is 0 Å². The minimum Gasteiger partial charge on any atom is -0.394 e. The fraction of sp³-hybridized carbons (Fsp3) is 0.533. The van der Waals surface area contributed by atoms with Crippen LogP contribution in [-0.2, 0) is 9.53 Å². The number of carbonyl (C=O) groups excluding carboxylic acids is 1. The topological polar surface area (TPSA) is 58.6 Å². The van der Waals surface area contributed by atoms with E-state index in [1.807, 2.05) is 24.3 Å². The van der Waals surface area contributed by atoms with Crippen LogP contribution in [0.3, 0.4) is 0 Å². The first-order valence-corrected chi connectivity index (χ1v) is 7.71. The number of carbonyl (C=O) groups is 1. The Morgan fingerprint density at radius 3 is 2.80 bits per heavy atom. The molecular weight excluding hydrogens is 322 g/mol. The Kier molecular flexibility index (Phi) is 6.01. The number of aliphatic hydroxyl groups excluding tert-OH is 1. The third kappa shape index (κ3) is 4.58. The first kappa shape index (κ1) is 15.5. The Morgan fingerprint density at radius 2 is 2.20 bits per heavy atom. The van der Waals surface area contributed by atoms with Crippen molar-refractivity contribution in [3.63, 3.8) is 0 Å². The molecule has 0 saturated carbocycles. The summed E-state index contributed by atoms with van der Waals surface area (Å²) in [5.41, 5.74) is 0.910. The van der Waals surface area contributed by atoms with Crippen LogP contribution in [0, 0.1) is 5.92 Å². The number of amides is 1. The van der Waals surface area contributed by atoms with Crippen molar-refractivity contribution in [1.29, 1.82) is 0 Å². The Labute approximate surface area is 127 Å². The van der Waals surface area contributed by atoms with Gasteiger partial charge in [-0.3, -0.25) is 4.79 Å². The second-order valence-electron chi connectivity index (χ2n) is 5.12. The molecule has 1 aliphatic heterocycles. The van der Waals surface area contributed by atoms with Crippen LogP contribution in [0.4, 0.5) is 0 Å². The SMILES string of the molecule is O=C(CC[C@H]1CCOC1)N[C@@H](CO)c1ccc(Br)cc1. The van der Waals surface area contributed by atoms with E-state index < -0.39 is 0 Å². The molecule has 0 unspecified atom stereocenters. The van der Waals surface area contributed by atoms with Crippen LogP contribution in [0.25, 0.3) is 0 Å². The van der Waals surface area contributed by atoms with Crippen molar-refractivity contribution in [2.75, 3.05) is 19.8 Å². The van der Waals surface area contributed by atoms with E-state index in [1.54, 1.807) is 0 Å². The number of halogens is 1. The molecule has 4 nitrogen and oxygen atoms in total. The lowest BCUT2D eigenvalue weighted by atomic mass is 10.0. The van der Waals surface area contributed by atoms with Gasteiger partial charge >= 0.3 is 0 Å². The summed E-state index contributed by atoms with van der Waals surface area (Å²) in [6, 6.07) is 7.27. The van der Waals surface area contributed by atoms with Crippen LogP contribution < -0.4 is 5.32 Å². The van der Waals surface area contributed by atoms with Gasteiger partial charge < -0.3 is 15.2 Å². The van der Waals surface area contributed by atoms with Crippen molar-refractivity contribution in [3.05, 3.63) is 34.3 Å². The van der Waals surface area contributed by atoms with Crippen molar-refractivity contribution >= 4 is 21.8 Å². The predicted octanol–water partition coefficient (Wildman–Crippen LogP) is 2.42. The highest BCUT2D eigenvalue weighted by atomic mass is 79.9. The van der Waals surface area contributed by atoms with Crippen molar-refractivity contribution in [3.8, 4) is 0 Å². The van der Waals surface area contributed by atoms with Crippen LogP contribution in [0.2, 0.25) is 0 Å². The van der Waals surface area contributed by atoms with Crippen LogP contribution in [0.15, 0.2) is 28.7 Å². The number of ether oxygens (including phenoxy) is 1. The smallest absolute Gasteiger partial charge is 0.220 e. The van der Waals surface area contributed by atoms with Gasteiger partial charge in [-0.25, -0.2) is 0 Å². The molecule has 1 heterocycles. The van der Waals surface area contributed by atoms with E-state index in [1.165, 1.54) is 0 Å². The van der Waals surface area contributed by atoms with Crippen molar-refractivity contribution in [2.45, 2.75) is 25.3 Å². The standard InChI is InChI=1S/C15H20BrNO3/c16-13-4-2-12(3-5-13)14(9-18)17-15(19)6-1-11-7-8-20-10-11/h2-5,11,14,18H,1,6-10H2,(H,17,19)/t11-,14-/m0/s1. The fourth-order valence-electron chi connectivity index (χ4n) is 2.34. The van der Waals surface area contributed by atoms with Gasteiger partial charge in [-0.15, -0.1) is 0 Å². The van der Waals surface area contributed by atoms with E-state index in [-0.39, 0.29) is 18.6 Å². The van der Waals surface area contributed by atoms with Gasteiger partial charge in [0, 0.05) is 24.1 Å². The van der Waals surface area contributed by atoms with Gasteiger partial charge in [-0.1, -0.05) is 28.1 Å². The molecule has 1 fully saturated rings. The van der Waals surface area contributed by atoms with Crippen LogP contribution >= 0.6 is 15.9 Å². The number of hydrogen-bond acceptors (Lipinski definition) is 3. The van der Waals surface area contributed by atoms with E-state index >= 15 is 0 Å². The molecule has 1 aromatic carbocycles. The Hall–Kier alpha value is -0.910. The Bertz CT molecular complexity index is 429. The van der Waals surface area contributed by atoms with Crippen molar-refractivity contribution < 1.29 is 14.6 Å². The molecule has 1 aromatic rings. The average Bonchev–Trinajstić information content (AvgIpc) is 2.97. The third-order valence-corrected chi connectivity index (χ3v) is 4.12. The highest BCUT2D eigenvalue weighted by Gasteiger charge is 2.18. The molecule has 0 bridgehead atoms. The summed E-state index contributed by atoms with van der Waals surface area (Å²) in [5, 5.41) is 12.3. The highest BCUT2D eigenvalue weighted by Crippen LogP contribution is 2.19. The number of rotatable bonds is 6. The second-order valence-corrected chi connectivity index (χ2v) is 6.04. The molecule has 0 radical (unpaired) electrons. The first-order valence-electron chi connectivity index (χ1n) is 6.92. The monoisotopic (exact) mass is 341 g/mol. The van der Waals surface area contributed by atoms with Gasteiger partial charge in [0.15, 0.2) is 0 Å². The molecule has 110 valence electrons. The third-order valence-electron chi connectivity index (χ3n) is 3.59. The number of nitrogens with one attached hydrogen (secondary N) is 1. The number of hydrogen-bond donors (Lipinski definition) is 2. The van der Waals surface area contributed by atoms with E-state index in [4.69, 9.17) is 4.74 Å². The summed E-state index contributed by atoms with van der Waals surface area (Å²) in [5.74, 6) is 0.486. The number of benzene rings is 1. The maximum Gasteiger partial charge on any atom is 0.220 e. The molecule has 5 heteroatoms. The number of aliphatic hydroxyl groups is 1. The molecule has 0 spiro atoms. The molecule has 2 N–H and O–H groups in total. The molecule has 1 saturated heterocycles. The largest absolute Gasteiger partial charge is 0.394 e. The lowest BCUT2D eigenvalue weighted by molar-refractivity contribution is -0.122. The maximum atomic E-state index is 11.9. The summed E-state index contributed by atoms with van der Waals surface area (Å²) in [4.78, 5) is 11.9. The molecule has 2 atom stereocenters. The molecule has 0 aliphatic carbocycles. The fourth-order valence-corrected chi connectivity index (χ4v) is 2.61. The summed E-state index contributed by atoms with van der Waals surface area (Å²) >= 11 is 3.37.